The van der Waals surface area contributed by atoms with Gasteiger partial charge in [0.25, 0.3) is 0 Å². The number of anilines is 3. The fourth-order valence-corrected chi connectivity index (χ4v) is 2.88. The normalized spacial score (nSPS) is 10.5. The molecule has 0 bridgehead atoms. The van der Waals surface area contributed by atoms with Crippen molar-refractivity contribution in [2.45, 2.75) is 13.8 Å². The average molecular weight is 381 g/mol. The van der Waals surface area contributed by atoms with Crippen LogP contribution < -0.4 is 21.2 Å². The van der Waals surface area contributed by atoms with E-state index >= 15 is 0 Å². The third-order valence-electron chi connectivity index (χ3n) is 4.19. The molecule has 138 valence electrons. The molecule has 27 heavy (non-hydrogen) atoms. The summed E-state index contributed by atoms with van der Waals surface area (Å²) in [6.07, 6.45) is 0. The van der Waals surface area contributed by atoms with Crippen molar-refractivity contribution < 1.29 is 9.21 Å². The number of amides is 1. The number of thiocarbonyl (C=S) groups is 1. The fourth-order valence-electron chi connectivity index (χ4n) is 2.65. The Hall–Kier alpha value is -3.19. The van der Waals surface area contributed by atoms with Crippen molar-refractivity contribution >= 4 is 51.3 Å². The summed E-state index contributed by atoms with van der Waals surface area (Å²) in [5.74, 6) is -0.0360. The molecule has 0 saturated carbocycles. The Morgan fingerprint density at radius 2 is 1.67 bits per heavy atom. The van der Waals surface area contributed by atoms with E-state index in [2.05, 4.69) is 10.6 Å². The lowest BCUT2D eigenvalue weighted by Crippen LogP contribution is -2.23. The summed E-state index contributed by atoms with van der Waals surface area (Å²) < 4.78 is 5.25. The molecule has 0 radical (unpaired) electrons. The molecule has 0 aliphatic heterocycles. The van der Waals surface area contributed by atoms with Gasteiger partial charge in [0.05, 0.1) is 0 Å². The number of hydrogen-bond acceptors (Lipinski definition) is 4. The Bertz CT molecular complexity index is 1070. The van der Waals surface area contributed by atoms with Crippen LogP contribution in [0.1, 0.15) is 12.5 Å². The molecule has 0 saturated heterocycles. The molecule has 3 rings (SSSR count). The van der Waals surface area contributed by atoms with Gasteiger partial charge in [-0.05, 0) is 61.1 Å². The van der Waals surface area contributed by atoms with Crippen molar-refractivity contribution in [3.05, 3.63) is 64.5 Å². The highest BCUT2D eigenvalue weighted by atomic mass is 32.1. The Kier molecular flexibility index (Phi) is 5.23. The maximum Gasteiger partial charge on any atom is 0.336 e. The molecule has 0 atom stereocenters. The lowest BCUT2D eigenvalue weighted by molar-refractivity contribution is -0.116. The molecule has 1 amide bonds. The number of carbonyl (C=O) groups excluding carboxylic acids is 1. The van der Waals surface area contributed by atoms with Crippen LogP contribution in [0.5, 0.6) is 0 Å². The van der Waals surface area contributed by atoms with Crippen LogP contribution in [0.2, 0.25) is 0 Å². The van der Waals surface area contributed by atoms with Gasteiger partial charge in [-0.15, -0.1) is 0 Å². The highest BCUT2D eigenvalue weighted by Crippen LogP contribution is 2.21. The predicted octanol–water partition coefficient (Wildman–Crippen LogP) is 3.89. The minimum absolute atomic E-state index is 0.0360. The van der Waals surface area contributed by atoms with Crippen molar-refractivity contribution in [1.29, 1.82) is 0 Å². The van der Waals surface area contributed by atoms with Gasteiger partial charge in [0.2, 0.25) is 5.91 Å². The van der Waals surface area contributed by atoms with E-state index in [1.54, 1.807) is 18.0 Å². The smallest absolute Gasteiger partial charge is 0.336 e. The van der Waals surface area contributed by atoms with E-state index in [0.29, 0.717) is 16.4 Å². The maximum atomic E-state index is 11.5. The number of benzene rings is 2. The number of aryl methyl sites for hydroxylation is 1. The van der Waals surface area contributed by atoms with Gasteiger partial charge >= 0.3 is 5.63 Å². The molecule has 2 aromatic carbocycles. The fraction of sp³-hybridized carbons (Fsp3) is 0.150. The van der Waals surface area contributed by atoms with Gasteiger partial charge in [-0.25, -0.2) is 4.79 Å². The lowest BCUT2D eigenvalue weighted by Gasteiger charge is -2.16. The van der Waals surface area contributed by atoms with Crippen molar-refractivity contribution in [2.24, 2.45) is 0 Å². The minimum Gasteiger partial charge on any atom is -0.423 e. The van der Waals surface area contributed by atoms with Gasteiger partial charge in [-0.1, -0.05) is 0 Å². The van der Waals surface area contributed by atoms with E-state index in [1.807, 2.05) is 43.3 Å². The van der Waals surface area contributed by atoms with Crippen LogP contribution in [-0.4, -0.2) is 18.1 Å². The summed E-state index contributed by atoms with van der Waals surface area (Å²) in [6.45, 7) is 3.38. The first-order valence-electron chi connectivity index (χ1n) is 8.30. The van der Waals surface area contributed by atoms with Gasteiger partial charge in [0.15, 0.2) is 5.11 Å². The molecule has 7 heteroatoms. The van der Waals surface area contributed by atoms with Crippen LogP contribution in [0.15, 0.2) is 57.7 Å². The Morgan fingerprint density at radius 1 is 1.04 bits per heavy atom. The summed E-state index contributed by atoms with van der Waals surface area (Å²) in [5.41, 5.74) is 3.28. The molecular weight excluding hydrogens is 362 g/mol. The van der Waals surface area contributed by atoms with Crippen LogP contribution in [0.3, 0.4) is 0 Å². The van der Waals surface area contributed by atoms with Gasteiger partial charge in [-0.2, -0.15) is 0 Å². The number of carbonyl (C=O) groups is 1. The van der Waals surface area contributed by atoms with E-state index in [-0.39, 0.29) is 11.5 Å². The van der Waals surface area contributed by atoms with Gasteiger partial charge in [-0.3, -0.25) is 4.79 Å². The monoisotopic (exact) mass is 381 g/mol. The summed E-state index contributed by atoms with van der Waals surface area (Å²) in [4.78, 5) is 24.5. The molecule has 0 unspecified atom stereocenters. The van der Waals surface area contributed by atoms with Crippen LogP contribution in [-0.2, 0) is 4.79 Å². The first kappa shape index (κ1) is 18.6. The maximum absolute atomic E-state index is 11.5. The van der Waals surface area contributed by atoms with Crippen molar-refractivity contribution in [3.8, 4) is 0 Å². The SMILES string of the molecule is CC(=O)N(C)c1ccc(NC(=S)Nc2ccc3c(C)cc(=O)oc3c2)cc1. The Morgan fingerprint density at radius 3 is 2.33 bits per heavy atom. The van der Waals surface area contributed by atoms with Crippen LogP contribution >= 0.6 is 12.2 Å². The molecule has 0 spiro atoms. The Labute approximate surface area is 161 Å². The predicted molar refractivity (Wildman–Crippen MR) is 113 cm³/mol. The lowest BCUT2D eigenvalue weighted by atomic mass is 10.1. The van der Waals surface area contributed by atoms with Crippen molar-refractivity contribution in [2.75, 3.05) is 22.6 Å². The van der Waals surface area contributed by atoms with Gasteiger partial charge in [0.1, 0.15) is 5.58 Å². The van der Waals surface area contributed by atoms with E-state index < -0.39 is 0 Å². The van der Waals surface area contributed by atoms with Crippen molar-refractivity contribution in [3.63, 3.8) is 0 Å². The number of fused-ring (bicyclic) bond motifs is 1. The molecular formula is C20H19N3O3S. The van der Waals surface area contributed by atoms with Crippen LogP contribution in [0.4, 0.5) is 17.1 Å². The topological polar surface area (TPSA) is 74.6 Å². The van der Waals surface area contributed by atoms with Gasteiger partial charge < -0.3 is 20.0 Å². The minimum atomic E-state index is -0.381. The number of nitrogens with one attached hydrogen (secondary N) is 2. The second-order valence-corrected chi connectivity index (χ2v) is 6.57. The zero-order chi connectivity index (χ0) is 19.6. The summed E-state index contributed by atoms with van der Waals surface area (Å²) in [7, 11) is 1.72. The molecule has 0 fully saturated rings. The zero-order valence-corrected chi connectivity index (χ0v) is 16.0. The number of hydrogen-bond donors (Lipinski definition) is 2. The number of nitrogens with zero attached hydrogens (tertiary/aromatic N) is 1. The number of rotatable bonds is 3. The zero-order valence-electron chi connectivity index (χ0n) is 15.2. The first-order valence-corrected chi connectivity index (χ1v) is 8.71. The van der Waals surface area contributed by atoms with E-state index in [4.69, 9.17) is 16.6 Å². The quantitative estimate of drug-likeness (QED) is 0.530. The molecule has 6 nitrogen and oxygen atoms in total. The summed E-state index contributed by atoms with van der Waals surface area (Å²) in [5, 5.41) is 7.43. The second kappa shape index (κ2) is 7.59. The van der Waals surface area contributed by atoms with Crippen LogP contribution in [0.25, 0.3) is 11.0 Å². The van der Waals surface area contributed by atoms with Gasteiger partial charge in [0, 0.05) is 48.6 Å². The highest BCUT2D eigenvalue weighted by Gasteiger charge is 2.07. The van der Waals surface area contributed by atoms with E-state index in [0.717, 1.165) is 22.3 Å². The molecule has 0 aliphatic carbocycles. The molecule has 3 aromatic rings. The van der Waals surface area contributed by atoms with E-state index in [1.165, 1.54) is 13.0 Å². The third kappa shape index (κ3) is 4.32. The summed E-state index contributed by atoms with van der Waals surface area (Å²) >= 11 is 5.34. The molecule has 0 aliphatic rings. The third-order valence-corrected chi connectivity index (χ3v) is 4.40. The Balaban J connectivity index is 1.71. The van der Waals surface area contributed by atoms with Crippen LogP contribution in [0, 0.1) is 6.92 Å². The van der Waals surface area contributed by atoms with E-state index in [9.17, 15) is 9.59 Å². The van der Waals surface area contributed by atoms with Crippen molar-refractivity contribution in [1.82, 2.24) is 0 Å². The average Bonchev–Trinajstić information content (AvgIpc) is 2.61. The second-order valence-electron chi connectivity index (χ2n) is 6.16. The molecule has 1 aromatic heterocycles. The standard InChI is InChI=1S/C20H19N3O3S/c1-12-10-19(25)26-18-11-15(6-9-17(12)18)22-20(27)21-14-4-7-16(8-5-14)23(3)13(2)24/h4-11H,1-3H3,(H2,21,22,27). The summed E-state index contributed by atoms with van der Waals surface area (Å²) in [6, 6.07) is 14.3. The molecule has 2 N–H and O–H groups in total. The molecule has 1 heterocycles. The first-order chi connectivity index (χ1) is 12.8. The largest absolute Gasteiger partial charge is 0.423 e. The highest BCUT2D eigenvalue weighted by molar-refractivity contribution is 7.80.